The van der Waals surface area contributed by atoms with Crippen LogP contribution in [0, 0.1) is 0 Å². The molecule has 0 heterocycles. The van der Waals surface area contributed by atoms with E-state index < -0.39 is 6.10 Å². The fraction of sp³-hybridized carbons (Fsp3) is 0.316. The fourth-order valence-electron chi connectivity index (χ4n) is 2.30. The molecule has 0 fully saturated rings. The Hall–Kier alpha value is -1.71. The third kappa shape index (κ3) is 6.06. The normalized spacial score (nSPS) is 11.8. The maximum Gasteiger partial charge on any atom is 0.261 e. The van der Waals surface area contributed by atoms with Crippen LogP contribution in [-0.4, -0.2) is 18.6 Å². The Morgan fingerprint density at radius 1 is 1.12 bits per heavy atom. The van der Waals surface area contributed by atoms with Crippen LogP contribution in [0.1, 0.15) is 25.3 Å². The number of rotatable bonds is 8. The summed E-state index contributed by atoms with van der Waals surface area (Å²) in [6, 6.07) is 14.8. The van der Waals surface area contributed by atoms with E-state index in [1.165, 1.54) is 5.56 Å². The molecule has 2 rings (SSSR count). The molecule has 0 aliphatic carbocycles. The van der Waals surface area contributed by atoms with Gasteiger partial charge in [-0.2, -0.15) is 0 Å². The van der Waals surface area contributed by atoms with Gasteiger partial charge in [0.1, 0.15) is 5.75 Å². The topological polar surface area (TPSA) is 38.3 Å². The molecule has 2 aromatic rings. The third-order valence-electron chi connectivity index (χ3n) is 3.59. The first-order chi connectivity index (χ1) is 11.6. The summed E-state index contributed by atoms with van der Waals surface area (Å²) in [6.45, 7) is 2.53. The van der Waals surface area contributed by atoms with E-state index in [4.69, 9.17) is 27.9 Å². The van der Waals surface area contributed by atoms with Crippen LogP contribution in [0.25, 0.3) is 0 Å². The number of carbonyl (C=O) groups is 1. The molecule has 5 heteroatoms. The molecule has 0 saturated carbocycles. The molecule has 2 aromatic carbocycles. The van der Waals surface area contributed by atoms with Crippen LogP contribution in [0.3, 0.4) is 0 Å². The van der Waals surface area contributed by atoms with Crippen LogP contribution in [-0.2, 0) is 11.2 Å². The molecule has 0 saturated heterocycles. The smallest absolute Gasteiger partial charge is 0.261 e. The second-order valence-electron chi connectivity index (χ2n) is 5.49. The van der Waals surface area contributed by atoms with Crippen molar-refractivity contribution in [1.29, 1.82) is 0 Å². The summed E-state index contributed by atoms with van der Waals surface area (Å²) in [5.74, 6) is 0.499. The van der Waals surface area contributed by atoms with E-state index >= 15 is 0 Å². The molecule has 0 aliphatic rings. The van der Waals surface area contributed by atoms with Gasteiger partial charge in [0.2, 0.25) is 0 Å². The molecule has 0 spiro atoms. The first-order valence-corrected chi connectivity index (χ1v) is 8.78. The Labute approximate surface area is 152 Å². The summed E-state index contributed by atoms with van der Waals surface area (Å²) < 4.78 is 5.72. The van der Waals surface area contributed by atoms with E-state index in [2.05, 4.69) is 5.32 Å². The van der Waals surface area contributed by atoms with Gasteiger partial charge >= 0.3 is 0 Å². The van der Waals surface area contributed by atoms with Crippen molar-refractivity contribution in [2.24, 2.45) is 0 Å². The molecule has 0 unspecified atom stereocenters. The Bertz CT molecular complexity index is 659. The van der Waals surface area contributed by atoms with Crippen molar-refractivity contribution in [2.45, 2.75) is 32.3 Å². The van der Waals surface area contributed by atoms with Crippen LogP contribution in [0.4, 0.5) is 0 Å². The minimum absolute atomic E-state index is 0.103. The lowest BCUT2D eigenvalue weighted by molar-refractivity contribution is -0.128. The maximum absolute atomic E-state index is 12.2. The van der Waals surface area contributed by atoms with Crippen molar-refractivity contribution in [3.63, 3.8) is 0 Å². The lowest BCUT2D eigenvalue weighted by Crippen LogP contribution is -2.38. The van der Waals surface area contributed by atoms with Crippen molar-refractivity contribution in [2.75, 3.05) is 6.54 Å². The van der Waals surface area contributed by atoms with E-state index in [0.717, 1.165) is 17.9 Å². The van der Waals surface area contributed by atoms with E-state index in [-0.39, 0.29) is 5.91 Å². The van der Waals surface area contributed by atoms with Crippen LogP contribution >= 0.6 is 23.2 Å². The van der Waals surface area contributed by atoms with Gasteiger partial charge in [0.15, 0.2) is 6.10 Å². The summed E-state index contributed by atoms with van der Waals surface area (Å²) in [7, 11) is 0. The van der Waals surface area contributed by atoms with E-state index in [0.29, 0.717) is 23.7 Å². The molecule has 128 valence electrons. The van der Waals surface area contributed by atoms with E-state index in [1.807, 2.05) is 31.2 Å². The molecule has 0 radical (unpaired) electrons. The van der Waals surface area contributed by atoms with Gasteiger partial charge in [-0.1, -0.05) is 48.3 Å². The fourth-order valence-corrected chi connectivity index (χ4v) is 2.60. The zero-order chi connectivity index (χ0) is 17.4. The second kappa shape index (κ2) is 9.55. The molecule has 1 atom stereocenters. The highest BCUT2D eigenvalue weighted by Crippen LogP contribution is 2.19. The molecular formula is C19H21Cl2NO2. The summed E-state index contributed by atoms with van der Waals surface area (Å²) >= 11 is 11.8. The molecule has 1 N–H and O–H groups in total. The minimum atomic E-state index is -0.515. The summed E-state index contributed by atoms with van der Waals surface area (Å²) in [5.41, 5.74) is 1.20. The van der Waals surface area contributed by atoms with Gasteiger partial charge in [-0.25, -0.2) is 0 Å². The lowest BCUT2D eigenvalue weighted by Gasteiger charge is -2.17. The van der Waals surface area contributed by atoms with Crippen molar-refractivity contribution >= 4 is 29.1 Å². The minimum Gasteiger partial charge on any atom is -0.481 e. The summed E-state index contributed by atoms with van der Waals surface area (Å²) in [6.07, 6.45) is 1.83. The SMILES string of the molecule is CC[C@H](Oc1cccc(Cl)c1)C(=O)NCCCc1ccc(Cl)cc1. The highest BCUT2D eigenvalue weighted by molar-refractivity contribution is 6.30. The van der Waals surface area contributed by atoms with Crippen molar-refractivity contribution in [3.05, 3.63) is 64.1 Å². The first kappa shape index (κ1) is 18.6. The third-order valence-corrected chi connectivity index (χ3v) is 4.08. The zero-order valence-electron chi connectivity index (χ0n) is 13.6. The number of hydrogen-bond donors (Lipinski definition) is 1. The molecule has 0 aromatic heterocycles. The highest BCUT2D eigenvalue weighted by atomic mass is 35.5. The molecule has 0 bridgehead atoms. The van der Waals surface area contributed by atoms with Crippen molar-refractivity contribution < 1.29 is 9.53 Å². The number of ether oxygens (including phenoxy) is 1. The predicted octanol–water partition coefficient (Wildman–Crippen LogP) is 4.90. The average molecular weight is 366 g/mol. The Morgan fingerprint density at radius 2 is 1.88 bits per heavy atom. The van der Waals surface area contributed by atoms with E-state index in [1.54, 1.807) is 24.3 Å². The van der Waals surface area contributed by atoms with Gasteiger partial charge < -0.3 is 10.1 Å². The number of benzene rings is 2. The van der Waals surface area contributed by atoms with Crippen LogP contribution in [0.15, 0.2) is 48.5 Å². The monoisotopic (exact) mass is 365 g/mol. The molecule has 1 amide bonds. The van der Waals surface area contributed by atoms with Gasteiger partial charge in [0, 0.05) is 16.6 Å². The maximum atomic E-state index is 12.2. The second-order valence-corrected chi connectivity index (χ2v) is 6.37. The number of aryl methyl sites for hydroxylation is 1. The van der Waals surface area contributed by atoms with Crippen LogP contribution in [0.5, 0.6) is 5.75 Å². The Balaban J connectivity index is 1.76. The largest absolute Gasteiger partial charge is 0.481 e. The first-order valence-electron chi connectivity index (χ1n) is 8.03. The number of amides is 1. The quantitative estimate of drug-likeness (QED) is 0.675. The average Bonchev–Trinajstić information content (AvgIpc) is 2.58. The van der Waals surface area contributed by atoms with Gasteiger partial charge in [-0.15, -0.1) is 0 Å². The van der Waals surface area contributed by atoms with Crippen LogP contribution in [0.2, 0.25) is 10.0 Å². The van der Waals surface area contributed by atoms with Crippen molar-refractivity contribution in [1.82, 2.24) is 5.32 Å². The van der Waals surface area contributed by atoms with Gasteiger partial charge in [0.25, 0.3) is 5.91 Å². The molecule has 24 heavy (non-hydrogen) atoms. The summed E-state index contributed by atoms with van der Waals surface area (Å²) in [5, 5.41) is 4.25. The molecular weight excluding hydrogens is 345 g/mol. The zero-order valence-corrected chi connectivity index (χ0v) is 15.1. The Morgan fingerprint density at radius 3 is 2.54 bits per heavy atom. The van der Waals surface area contributed by atoms with Crippen molar-refractivity contribution in [3.8, 4) is 5.75 Å². The molecule has 3 nitrogen and oxygen atoms in total. The standard InChI is InChI=1S/C19H21Cl2NO2/c1-2-18(24-17-7-3-6-16(21)13-17)19(23)22-12-4-5-14-8-10-15(20)11-9-14/h3,6-11,13,18H,2,4-5,12H2,1H3,(H,22,23)/t18-/m0/s1. The predicted molar refractivity (Wildman–Crippen MR) is 98.9 cm³/mol. The number of hydrogen-bond acceptors (Lipinski definition) is 2. The Kier molecular flexibility index (Phi) is 7.41. The summed E-state index contributed by atoms with van der Waals surface area (Å²) in [4.78, 5) is 12.2. The number of carbonyl (C=O) groups excluding carboxylic acids is 1. The molecule has 0 aliphatic heterocycles. The number of halogens is 2. The van der Waals surface area contributed by atoms with Gasteiger partial charge in [-0.05, 0) is 55.2 Å². The number of nitrogens with one attached hydrogen (secondary N) is 1. The van der Waals surface area contributed by atoms with Gasteiger partial charge in [0.05, 0.1) is 0 Å². The van der Waals surface area contributed by atoms with Gasteiger partial charge in [-0.3, -0.25) is 4.79 Å². The van der Waals surface area contributed by atoms with Crippen LogP contribution < -0.4 is 10.1 Å². The lowest BCUT2D eigenvalue weighted by atomic mass is 10.1. The van der Waals surface area contributed by atoms with E-state index in [9.17, 15) is 4.79 Å². The highest BCUT2D eigenvalue weighted by Gasteiger charge is 2.17.